The Balaban J connectivity index is 0.000000690. The molecule has 0 N–H and O–H groups in total. The molecule has 0 bridgehead atoms. The van der Waals surface area contributed by atoms with Crippen molar-refractivity contribution in [2.45, 2.75) is 26.3 Å². The highest BCUT2D eigenvalue weighted by Gasteiger charge is 2.16. The molecule has 4 heteroatoms. The van der Waals surface area contributed by atoms with Crippen LogP contribution in [0.4, 0.5) is 0 Å². The molecule has 0 aliphatic carbocycles. The molecule has 1 rings (SSSR count). The van der Waals surface area contributed by atoms with E-state index < -0.39 is 9.84 Å². The smallest absolute Gasteiger partial charge is 0.144 e. The molecule has 2 atom stereocenters. The van der Waals surface area contributed by atoms with Gasteiger partial charge < -0.3 is 0 Å². The second kappa shape index (κ2) is 9.59. The Morgan fingerprint density at radius 2 is 1.67 bits per heavy atom. The van der Waals surface area contributed by atoms with Crippen LogP contribution < -0.4 is 0 Å². The Kier molecular flexibility index (Phi) is 9.00. The van der Waals surface area contributed by atoms with E-state index in [1.807, 2.05) is 0 Å². The molecule has 2 unspecified atom stereocenters. The number of rotatable bonds is 5. The Morgan fingerprint density at radius 3 is 2.10 bits per heavy atom. The van der Waals surface area contributed by atoms with Crippen LogP contribution in [0.3, 0.4) is 0 Å². The van der Waals surface area contributed by atoms with Gasteiger partial charge in [0.1, 0.15) is 9.84 Å². The SMILES string of the molecule is C#CCN(C)C(C)C(C)Cc1ccccc1.CS(C)(=O)=O. The summed E-state index contributed by atoms with van der Waals surface area (Å²) in [6, 6.07) is 11.1. The van der Waals surface area contributed by atoms with E-state index in [1.165, 1.54) is 5.56 Å². The van der Waals surface area contributed by atoms with Crippen LogP contribution in [-0.2, 0) is 16.3 Å². The highest BCUT2D eigenvalue weighted by atomic mass is 32.2. The average Bonchev–Trinajstić information content (AvgIpc) is 2.37. The number of hydrogen-bond donors (Lipinski definition) is 0. The Bertz CT molecular complexity index is 524. The Labute approximate surface area is 130 Å². The minimum Gasteiger partial charge on any atom is -0.292 e. The summed E-state index contributed by atoms with van der Waals surface area (Å²) in [6.07, 6.45) is 8.76. The van der Waals surface area contributed by atoms with Crippen molar-refractivity contribution in [2.75, 3.05) is 26.1 Å². The van der Waals surface area contributed by atoms with Gasteiger partial charge in [-0.25, -0.2) is 8.42 Å². The third kappa shape index (κ3) is 11.1. The van der Waals surface area contributed by atoms with Crippen LogP contribution in [0.5, 0.6) is 0 Å². The number of sulfone groups is 1. The van der Waals surface area contributed by atoms with Crippen LogP contribution in [0, 0.1) is 18.3 Å². The van der Waals surface area contributed by atoms with Crippen LogP contribution in [0.2, 0.25) is 0 Å². The summed E-state index contributed by atoms with van der Waals surface area (Å²) in [5.74, 6) is 3.30. The van der Waals surface area contributed by atoms with Crippen LogP contribution >= 0.6 is 0 Å². The lowest BCUT2D eigenvalue weighted by molar-refractivity contribution is 0.220. The first-order valence-corrected chi connectivity index (χ1v) is 9.27. The molecule has 0 aliphatic heterocycles. The number of benzene rings is 1. The van der Waals surface area contributed by atoms with Gasteiger partial charge in [-0.3, -0.25) is 4.90 Å². The first-order chi connectivity index (χ1) is 9.65. The molecule has 0 aromatic heterocycles. The zero-order valence-electron chi connectivity index (χ0n) is 13.7. The van der Waals surface area contributed by atoms with E-state index in [9.17, 15) is 8.42 Å². The number of terminal acetylenes is 1. The second-order valence-electron chi connectivity index (χ2n) is 5.67. The van der Waals surface area contributed by atoms with Gasteiger partial charge in [-0.15, -0.1) is 6.42 Å². The van der Waals surface area contributed by atoms with Gasteiger partial charge in [-0.05, 0) is 31.9 Å². The largest absolute Gasteiger partial charge is 0.292 e. The first kappa shape index (κ1) is 19.7. The molecule has 0 radical (unpaired) electrons. The first-order valence-electron chi connectivity index (χ1n) is 6.97. The monoisotopic (exact) mass is 309 g/mol. The lowest BCUT2D eigenvalue weighted by Gasteiger charge is -2.28. The molecule has 3 nitrogen and oxygen atoms in total. The molecule has 0 saturated carbocycles. The second-order valence-corrected chi connectivity index (χ2v) is 7.96. The molecular weight excluding hydrogens is 282 g/mol. The number of hydrogen-bond acceptors (Lipinski definition) is 3. The highest BCUT2D eigenvalue weighted by molar-refractivity contribution is 7.89. The van der Waals surface area contributed by atoms with E-state index in [1.54, 1.807) is 0 Å². The van der Waals surface area contributed by atoms with E-state index in [0.717, 1.165) is 25.5 Å². The van der Waals surface area contributed by atoms with Crippen LogP contribution in [-0.4, -0.2) is 45.5 Å². The third-order valence-corrected chi connectivity index (χ3v) is 3.26. The zero-order chi connectivity index (χ0) is 16.5. The molecule has 0 saturated heterocycles. The molecule has 0 amide bonds. The molecule has 21 heavy (non-hydrogen) atoms. The van der Waals surface area contributed by atoms with Crippen molar-refractivity contribution in [1.29, 1.82) is 0 Å². The molecule has 1 aromatic carbocycles. The van der Waals surface area contributed by atoms with Crippen molar-refractivity contribution in [2.24, 2.45) is 5.92 Å². The minimum absolute atomic E-state index is 0.510. The van der Waals surface area contributed by atoms with Crippen LogP contribution in [0.1, 0.15) is 19.4 Å². The maximum Gasteiger partial charge on any atom is 0.144 e. The summed E-state index contributed by atoms with van der Waals surface area (Å²) in [5, 5.41) is 0. The number of nitrogens with zero attached hydrogens (tertiary/aromatic N) is 1. The standard InChI is InChI=1S/C15H21N.C2H6O2S/c1-5-11-16(4)14(3)13(2)12-15-9-7-6-8-10-15;1-5(2,3)4/h1,6-10,13-14H,11-12H2,2-4H3;1-2H3. The van der Waals surface area contributed by atoms with Gasteiger partial charge >= 0.3 is 0 Å². The van der Waals surface area contributed by atoms with E-state index >= 15 is 0 Å². The van der Waals surface area contributed by atoms with Gasteiger partial charge in [0.2, 0.25) is 0 Å². The highest BCUT2D eigenvalue weighted by Crippen LogP contribution is 2.15. The molecule has 0 spiro atoms. The van der Waals surface area contributed by atoms with Crippen molar-refractivity contribution >= 4 is 9.84 Å². The zero-order valence-corrected chi connectivity index (χ0v) is 14.5. The van der Waals surface area contributed by atoms with E-state index in [2.05, 4.69) is 62.0 Å². The topological polar surface area (TPSA) is 37.4 Å². The van der Waals surface area contributed by atoms with Gasteiger partial charge in [0, 0.05) is 18.6 Å². The average molecular weight is 309 g/mol. The molecular formula is C17H27NO2S. The molecule has 118 valence electrons. The van der Waals surface area contributed by atoms with Crippen molar-refractivity contribution in [3.8, 4) is 12.3 Å². The normalized spacial score (nSPS) is 13.8. The molecule has 0 aliphatic rings. The molecule has 0 fully saturated rings. The fourth-order valence-corrected chi connectivity index (χ4v) is 1.88. The molecule has 0 heterocycles. The lowest BCUT2D eigenvalue weighted by Crippen LogP contribution is -2.35. The van der Waals surface area contributed by atoms with E-state index in [4.69, 9.17) is 6.42 Å². The summed E-state index contributed by atoms with van der Waals surface area (Å²) in [5.41, 5.74) is 1.40. The fourth-order valence-electron chi connectivity index (χ4n) is 1.88. The van der Waals surface area contributed by atoms with Crippen LogP contribution in [0.15, 0.2) is 30.3 Å². The van der Waals surface area contributed by atoms with E-state index in [-0.39, 0.29) is 0 Å². The van der Waals surface area contributed by atoms with Gasteiger partial charge in [0.15, 0.2) is 0 Å². The predicted octanol–water partition coefficient (Wildman–Crippen LogP) is 2.48. The summed E-state index contributed by atoms with van der Waals surface area (Å²) >= 11 is 0. The lowest BCUT2D eigenvalue weighted by atomic mass is 9.94. The summed E-state index contributed by atoms with van der Waals surface area (Å²) in [4.78, 5) is 2.23. The van der Waals surface area contributed by atoms with Gasteiger partial charge in [-0.1, -0.05) is 43.2 Å². The quantitative estimate of drug-likeness (QED) is 0.784. The summed E-state index contributed by atoms with van der Waals surface area (Å²) < 4.78 is 19.3. The molecule has 1 aromatic rings. The van der Waals surface area contributed by atoms with Gasteiger partial charge in [-0.2, -0.15) is 0 Å². The summed E-state index contributed by atoms with van der Waals surface area (Å²) in [7, 11) is -0.577. The van der Waals surface area contributed by atoms with Gasteiger partial charge in [0.05, 0.1) is 6.54 Å². The maximum atomic E-state index is 9.63. The Morgan fingerprint density at radius 1 is 1.19 bits per heavy atom. The van der Waals surface area contributed by atoms with Gasteiger partial charge in [0.25, 0.3) is 0 Å². The third-order valence-electron chi connectivity index (χ3n) is 3.26. The summed E-state index contributed by atoms with van der Waals surface area (Å²) in [6.45, 7) is 5.25. The predicted molar refractivity (Wildman–Crippen MR) is 91.0 cm³/mol. The van der Waals surface area contributed by atoms with Crippen molar-refractivity contribution in [3.63, 3.8) is 0 Å². The fraction of sp³-hybridized carbons (Fsp3) is 0.529. The minimum atomic E-state index is -2.67. The van der Waals surface area contributed by atoms with Crippen molar-refractivity contribution in [3.05, 3.63) is 35.9 Å². The maximum absolute atomic E-state index is 9.63. The van der Waals surface area contributed by atoms with Crippen LogP contribution in [0.25, 0.3) is 0 Å². The Hall–Kier alpha value is -1.31. The van der Waals surface area contributed by atoms with Crippen molar-refractivity contribution < 1.29 is 8.42 Å². The van der Waals surface area contributed by atoms with Crippen molar-refractivity contribution in [1.82, 2.24) is 4.90 Å². The van der Waals surface area contributed by atoms with E-state index in [0.29, 0.717) is 12.0 Å².